The number of benzene rings is 1. The number of hydrogen-bond acceptors (Lipinski definition) is 3. The van der Waals surface area contributed by atoms with Crippen LogP contribution in [0.4, 0.5) is 5.69 Å². The molecular formula is C15H22N2O2. The highest BCUT2D eigenvalue weighted by atomic mass is 16.5. The van der Waals surface area contributed by atoms with Gasteiger partial charge in [-0.2, -0.15) is 0 Å². The van der Waals surface area contributed by atoms with Crippen LogP contribution in [0.1, 0.15) is 31.2 Å². The number of hydrogen-bond donors (Lipinski definition) is 2. The molecule has 2 rings (SSSR count). The van der Waals surface area contributed by atoms with Crippen molar-refractivity contribution in [2.45, 2.75) is 38.2 Å². The maximum Gasteiger partial charge on any atom is 0.224 e. The summed E-state index contributed by atoms with van der Waals surface area (Å²) >= 11 is 0. The summed E-state index contributed by atoms with van der Waals surface area (Å²) in [5.41, 5.74) is 7.30. The highest BCUT2D eigenvalue weighted by Crippen LogP contribution is 2.20. The van der Waals surface area contributed by atoms with Crippen LogP contribution in [0.2, 0.25) is 0 Å². The molecule has 104 valence electrons. The van der Waals surface area contributed by atoms with E-state index in [1.54, 1.807) is 0 Å². The molecule has 19 heavy (non-hydrogen) atoms. The van der Waals surface area contributed by atoms with Crippen LogP contribution in [-0.2, 0) is 16.0 Å². The fraction of sp³-hybridized carbons (Fsp3) is 0.533. The zero-order valence-electron chi connectivity index (χ0n) is 11.2. The maximum atomic E-state index is 11.7. The average molecular weight is 262 g/mol. The van der Waals surface area contributed by atoms with Gasteiger partial charge in [0.05, 0.1) is 19.1 Å². The lowest BCUT2D eigenvalue weighted by Gasteiger charge is -2.11. The predicted octanol–water partition coefficient (Wildman–Crippen LogP) is 1.89. The Hall–Kier alpha value is -1.55. The number of anilines is 1. The van der Waals surface area contributed by atoms with Gasteiger partial charge >= 0.3 is 0 Å². The van der Waals surface area contributed by atoms with Crippen molar-refractivity contribution in [2.75, 3.05) is 18.9 Å². The lowest BCUT2D eigenvalue weighted by atomic mass is 10.1. The highest BCUT2D eigenvalue weighted by molar-refractivity contribution is 5.78. The Morgan fingerprint density at radius 3 is 2.89 bits per heavy atom. The van der Waals surface area contributed by atoms with Gasteiger partial charge in [0.2, 0.25) is 5.91 Å². The van der Waals surface area contributed by atoms with Crippen LogP contribution < -0.4 is 11.1 Å². The second-order valence-electron chi connectivity index (χ2n) is 5.05. The zero-order valence-corrected chi connectivity index (χ0v) is 11.2. The van der Waals surface area contributed by atoms with E-state index in [0.29, 0.717) is 31.4 Å². The monoisotopic (exact) mass is 262 g/mol. The minimum atomic E-state index is 0.0145. The number of nitrogen functional groups attached to an aromatic ring is 1. The molecule has 0 unspecified atom stereocenters. The lowest BCUT2D eigenvalue weighted by Crippen LogP contribution is -2.29. The van der Waals surface area contributed by atoms with Crippen LogP contribution in [0.5, 0.6) is 0 Å². The second kappa shape index (κ2) is 7.14. The van der Waals surface area contributed by atoms with Gasteiger partial charge in [-0.15, -0.1) is 0 Å². The molecule has 1 aromatic rings. The van der Waals surface area contributed by atoms with Gasteiger partial charge in [0.1, 0.15) is 0 Å². The van der Waals surface area contributed by atoms with Crippen molar-refractivity contribution in [3.8, 4) is 0 Å². The third kappa shape index (κ3) is 4.91. The van der Waals surface area contributed by atoms with Gasteiger partial charge in [0.15, 0.2) is 0 Å². The Balaban J connectivity index is 1.61. The topological polar surface area (TPSA) is 64.4 Å². The molecule has 1 fully saturated rings. The molecule has 0 aromatic heterocycles. The molecule has 0 saturated heterocycles. The molecule has 0 heterocycles. The molecule has 0 bridgehead atoms. The van der Waals surface area contributed by atoms with Crippen molar-refractivity contribution in [3.63, 3.8) is 0 Å². The first kappa shape index (κ1) is 13.9. The van der Waals surface area contributed by atoms with Gasteiger partial charge in [-0.05, 0) is 30.5 Å². The van der Waals surface area contributed by atoms with E-state index in [2.05, 4.69) is 5.32 Å². The molecule has 0 atom stereocenters. The third-order valence-corrected chi connectivity index (χ3v) is 3.40. The van der Waals surface area contributed by atoms with E-state index < -0.39 is 0 Å². The molecule has 4 heteroatoms. The van der Waals surface area contributed by atoms with Crippen LogP contribution in [-0.4, -0.2) is 25.2 Å². The second-order valence-corrected chi connectivity index (χ2v) is 5.05. The molecular weight excluding hydrogens is 240 g/mol. The molecule has 4 nitrogen and oxygen atoms in total. The van der Waals surface area contributed by atoms with Gasteiger partial charge < -0.3 is 15.8 Å². The summed E-state index contributed by atoms with van der Waals surface area (Å²) < 4.78 is 5.69. The number of nitrogens with two attached hydrogens (primary N) is 1. The van der Waals surface area contributed by atoms with E-state index in [4.69, 9.17) is 10.5 Å². The molecule has 3 N–H and O–H groups in total. The lowest BCUT2D eigenvalue weighted by molar-refractivity contribution is -0.120. The Morgan fingerprint density at radius 1 is 1.37 bits per heavy atom. The SMILES string of the molecule is Nc1cccc(CC(=O)NCCOC2CCCC2)c1. The molecule has 1 amide bonds. The van der Waals surface area contributed by atoms with E-state index in [1.165, 1.54) is 12.8 Å². The number of carbonyl (C=O) groups is 1. The fourth-order valence-electron chi connectivity index (χ4n) is 2.42. The fourth-order valence-corrected chi connectivity index (χ4v) is 2.42. The van der Waals surface area contributed by atoms with Crippen molar-refractivity contribution < 1.29 is 9.53 Å². The van der Waals surface area contributed by atoms with Gasteiger partial charge in [-0.1, -0.05) is 25.0 Å². The van der Waals surface area contributed by atoms with E-state index in [-0.39, 0.29) is 5.91 Å². The van der Waals surface area contributed by atoms with Gasteiger partial charge in [0, 0.05) is 12.2 Å². The van der Waals surface area contributed by atoms with Crippen LogP contribution in [0.3, 0.4) is 0 Å². The average Bonchev–Trinajstić information content (AvgIpc) is 2.88. The zero-order chi connectivity index (χ0) is 13.5. The molecule has 1 aliphatic rings. The first-order valence-electron chi connectivity index (χ1n) is 6.97. The van der Waals surface area contributed by atoms with E-state index in [0.717, 1.165) is 18.4 Å². The number of ether oxygens (including phenoxy) is 1. The number of amides is 1. The Kier molecular flexibility index (Phi) is 5.21. The largest absolute Gasteiger partial charge is 0.399 e. The number of rotatable bonds is 6. The van der Waals surface area contributed by atoms with Crippen molar-refractivity contribution in [1.29, 1.82) is 0 Å². The van der Waals surface area contributed by atoms with Crippen LogP contribution >= 0.6 is 0 Å². The van der Waals surface area contributed by atoms with E-state index in [9.17, 15) is 4.79 Å². The summed E-state index contributed by atoms with van der Waals surface area (Å²) in [6.45, 7) is 1.19. The summed E-state index contributed by atoms with van der Waals surface area (Å²) in [7, 11) is 0. The predicted molar refractivity (Wildman–Crippen MR) is 75.8 cm³/mol. The Labute approximate surface area is 114 Å². The van der Waals surface area contributed by atoms with E-state index >= 15 is 0 Å². The minimum Gasteiger partial charge on any atom is -0.399 e. The van der Waals surface area contributed by atoms with Crippen molar-refractivity contribution in [2.24, 2.45) is 0 Å². The van der Waals surface area contributed by atoms with Gasteiger partial charge in [0.25, 0.3) is 0 Å². The number of nitrogens with one attached hydrogen (secondary N) is 1. The van der Waals surface area contributed by atoms with Crippen molar-refractivity contribution in [1.82, 2.24) is 5.32 Å². The van der Waals surface area contributed by atoms with Gasteiger partial charge in [-0.25, -0.2) is 0 Å². The Bertz CT molecular complexity index is 414. The minimum absolute atomic E-state index is 0.0145. The Morgan fingerprint density at radius 2 is 2.16 bits per heavy atom. The van der Waals surface area contributed by atoms with Crippen LogP contribution in [0.15, 0.2) is 24.3 Å². The third-order valence-electron chi connectivity index (χ3n) is 3.40. The first-order valence-corrected chi connectivity index (χ1v) is 6.97. The standard InChI is InChI=1S/C15H22N2O2/c16-13-5-3-4-12(10-13)11-15(18)17-8-9-19-14-6-1-2-7-14/h3-5,10,14H,1-2,6-9,11,16H2,(H,17,18). The van der Waals surface area contributed by atoms with E-state index in [1.807, 2.05) is 24.3 Å². The maximum absolute atomic E-state index is 11.7. The number of carbonyl (C=O) groups excluding carboxylic acids is 1. The summed E-state index contributed by atoms with van der Waals surface area (Å²) in [6.07, 6.45) is 5.65. The normalized spacial score (nSPS) is 15.6. The molecule has 1 aliphatic carbocycles. The van der Waals surface area contributed by atoms with Crippen LogP contribution in [0.25, 0.3) is 0 Å². The summed E-state index contributed by atoms with van der Waals surface area (Å²) in [5, 5.41) is 2.87. The summed E-state index contributed by atoms with van der Waals surface area (Å²) in [6, 6.07) is 7.41. The highest BCUT2D eigenvalue weighted by Gasteiger charge is 2.14. The molecule has 0 radical (unpaired) electrons. The summed E-state index contributed by atoms with van der Waals surface area (Å²) in [5.74, 6) is 0.0145. The smallest absolute Gasteiger partial charge is 0.224 e. The molecule has 1 aromatic carbocycles. The van der Waals surface area contributed by atoms with Crippen molar-refractivity contribution >= 4 is 11.6 Å². The van der Waals surface area contributed by atoms with Gasteiger partial charge in [-0.3, -0.25) is 4.79 Å². The molecule has 1 saturated carbocycles. The van der Waals surface area contributed by atoms with Crippen LogP contribution in [0, 0.1) is 0 Å². The quantitative estimate of drug-likeness (QED) is 0.608. The summed E-state index contributed by atoms with van der Waals surface area (Å²) in [4.78, 5) is 11.7. The first-order chi connectivity index (χ1) is 9.24. The molecule has 0 aliphatic heterocycles. The molecule has 0 spiro atoms. The van der Waals surface area contributed by atoms with Crippen molar-refractivity contribution in [3.05, 3.63) is 29.8 Å².